The lowest BCUT2D eigenvalue weighted by atomic mass is 10.1. The Balaban J connectivity index is 1.30. The van der Waals surface area contributed by atoms with E-state index in [9.17, 15) is 14.9 Å². The summed E-state index contributed by atoms with van der Waals surface area (Å²) < 4.78 is 5.39. The Labute approximate surface area is 185 Å². The van der Waals surface area contributed by atoms with E-state index in [1.165, 1.54) is 23.8 Å². The van der Waals surface area contributed by atoms with Crippen molar-refractivity contribution < 1.29 is 14.2 Å². The molecular weight excluding hydrogens is 410 g/mol. The molecule has 1 saturated heterocycles. The number of hydrogen-bond donors (Lipinski definition) is 0. The SMILES string of the molecule is Cc1ccc(-c2noc(CN3CCN(C(=O)C=Cc4ccccc4[N+](=O)[O-])CC3)n2)cc1. The number of nitro groups is 1. The van der Waals surface area contributed by atoms with E-state index in [0.29, 0.717) is 50.0 Å². The summed E-state index contributed by atoms with van der Waals surface area (Å²) in [5, 5.41) is 15.2. The van der Waals surface area contributed by atoms with E-state index < -0.39 is 4.92 Å². The molecular formula is C23H23N5O4. The van der Waals surface area contributed by atoms with E-state index in [2.05, 4.69) is 15.0 Å². The van der Waals surface area contributed by atoms with E-state index in [1.54, 1.807) is 23.1 Å². The first-order valence-electron chi connectivity index (χ1n) is 10.3. The van der Waals surface area contributed by atoms with E-state index in [0.717, 1.165) is 5.56 Å². The lowest BCUT2D eigenvalue weighted by Gasteiger charge is -2.33. The van der Waals surface area contributed by atoms with Crippen molar-refractivity contribution in [2.75, 3.05) is 26.2 Å². The highest BCUT2D eigenvalue weighted by atomic mass is 16.6. The summed E-state index contributed by atoms with van der Waals surface area (Å²) in [6.07, 6.45) is 2.89. The molecule has 0 radical (unpaired) electrons. The third kappa shape index (κ3) is 5.06. The van der Waals surface area contributed by atoms with Crippen LogP contribution in [0.25, 0.3) is 17.5 Å². The number of aryl methyl sites for hydroxylation is 1. The van der Waals surface area contributed by atoms with Crippen molar-refractivity contribution in [1.29, 1.82) is 0 Å². The minimum absolute atomic E-state index is 0.0223. The monoisotopic (exact) mass is 433 g/mol. The summed E-state index contributed by atoms with van der Waals surface area (Å²) in [5.41, 5.74) is 2.46. The molecule has 0 bridgehead atoms. The number of amides is 1. The number of aromatic nitrogens is 2. The Hall–Kier alpha value is -3.85. The van der Waals surface area contributed by atoms with Crippen LogP contribution in [0, 0.1) is 17.0 Å². The van der Waals surface area contributed by atoms with Crippen LogP contribution in [0.3, 0.4) is 0 Å². The fourth-order valence-corrected chi connectivity index (χ4v) is 3.52. The number of nitro benzene ring substituents is 1. The number of benzene rings is 2. The molecule has 0 saturated carbocycles. The second-order valence-electron chi connectivity index (χ2n) is 7.63. The van der Waals surface area contributed by atoms with E-state index in [-0.39, 0.29) is 11.6 Å². The molecule has 32 heavy (non-hydrogen) atoms. The van der Waals surface area contributed by atoms with Crippen LogP contribution in [0.1, 0.15) is 17.0 Å². The first-order chi connectivity index (χ1) is 15.5. The predicted molar refractivity (Wildman–Crippen MR) is 118 cm³/mol. The smallest absolute Gasteiger partial charge is 0.276 e. The third-order valence-corrected chi connectivity index (χ3v) is 5.36. The van der Waals surface area contributed by atoms with Gasteiger partial charge in [0.05, 0.1) is 17.0 Å². The van der Waals surface area contributed by atoms with Crippen molar-refractivity contribution >= 4 is 17.7 Å². The molecule has 0 N–H and O–H groups in total. The van der Waals surface area contributed by atoms with Crippen LogP contribution in [0.4, 0.5) is 5.69 Å². The molecule has 0 unspecified atom stereocenters. The summed E-state index contributed by atoms with van der Waals surface area (Å²) in [4.78, 5) is 31.5. The van der Waals surface area contributed by atoms with Gasteiger partial charge in [-0.25, -0.2) is 0 Å². The lowest BCUT2D eigenvalue weighted by molar-refractivity contribution is -0.385. The van der Waals surface area contributed by atoms with Crippen molar-refractivity contribution in [2.45, 2.75) is 13.5 Å². The molecule has 1 aliphatic rings. The maximum absolute atomic E-state index is 12.5. The second-order valence-corrected chi connectivity index (χ2v) is 7.63. The first kappa shape index (κ1) is 21.4. The predicted octanol–water partition coefficient (Wildman–Crippen LogP) is 3.31. The molecule has 4 rings (SSSR count). The van der Waals surface area contributed by atoms with Crippen molar-refractivity contribution in [3.05, 3.63) is 81.7 Å². The maximum atomic E-state index is 12.5. The molecule has 0 spiro atoms. The Morgan fingerprint density at radius 2 is 1.84 bits per heavy atom. The highest BCUT2D eigenvalue weighted by Crippen LogP contribution is 2.20. The number of hydrogen-bond acceptors (Lipinski definition) is 7. The van der Waals surface area contributed by atoms with Gasteiger partial charge in [0, 0.05) is 43.9 Å². The van der Waals surface area contributed by atoms with Crippen LogP contribution in [0.5, 0.6) is 0 Å². The largest absolute Gasteiger partial charge is 0.338 e. The van der Waals surface area contributed by atoms with Gasteiger partial charge in [0.15, 0.2) is 0 Å². The fraction of sp³-hybridized carbons (Fsp3) is 0.261. The summed E-state index contributed by atoms with van der Waals surface area (Å²) in [6.45, 7) is 5.00. The lowest BCUT2D eigenvalue weighted by Crippen LogP contribution is -2.47. The highest BCUT2D eigenvalue weighted by molar-refractivity contribution is 5.92. The Morgan fingerprint density at radius 3 is 2.56 bits per heavy atom. The zero-order valence-electron chi connectivity index (χ0n) is 17.7. The summed E-state index contributed by atoms with van der Waals surface area (Å²) in [6, 6.07) is 14.3. The van der Waals surface area contributed by atoms with Crippen LogP contribution in [-0.4, -0.2) is 56.9 Å². The number of para-hydroxylation sites is 1. The number of nitrogens with zero attached hydrogens (tertiary/aromatic N) is 5. The van der Waals surface area contributed by atoms with Gasteiger partial charge in [0.2, 0.25) is 17.6 Å². The molecule has 9 nitrogen and oxygen atoms in total. The van der Waals surface area contributed by atoms with Gasteiger partial charge in [0.25, 0.3) is 5.69 Å². The van der Waals surface area contributed by atoms with Gasteiger partial charge in [-0.1, -0.05) is 47.1 Å². The van der Waals surface area contributed by atoms with Crippen LogP contribution in [0.2, 0.25) is 0 Å². The summed E-state index contributed by atoms with van der Waals surface area (Å²) in [7, 11) is 0. The van der Waals surface area contributed by atoms with Gasteiger partial charge in [-0.05, 0) is 19.1 Å². The zero-order chi connectivity index (χ0) is 22.5. The van der Waals surface area contributed by atoms with E-state index in [4.69, 9.17) is 4.52 Å². The first-order valence-corrected chi connectivity index (χ1v) is 10.3. The van der Waals surface area contributed by atoms with E-state index >= 15 is 0 Å². The highest BCUT2D eigenvalue weighted by Gasteiger charge is 2.22. The molecule has 2 heterocycles. The number of piperazine rings is 1. The third-order valence-electron chi connectivity index (χ3n) is 5.36. The van der Waals surface area contributed by atoms with Gasteiger partial charge in [-0.15, -0.1) is 0 Å². The van der Waals surface area contributed by atoms with Crippen LogP contribution < -0.4 is 0 Å². The number of carbonyl (C=O) groups excluding carboxylic acids is 1. The minimum Gasteiger partial charge on any atom is -0.338 e. The maximum Gasteiger partial charge on any atom is 0.276 e. The normalized spacial score (nSPS) is 14.7. The quantitative estimate of drug-likeness (QED) is 0.334. The van der Waals surface area contributed by atoms with Gasteiger partial charge in [-0.3, -0.25) is 19.8 Å². The number of rotatable bonds is 6. The number of carbonyl (C=O) groups is 1. The molecule has 0 atom stereocenters. The van der Waals surface area contributed by atoms with Crippen molar-refractivity contribution in [2.24, 2.45) is 0 Å². The standard InChI is InChI=1S/C23H23N5O4/c1-17-6-8-19(9-7-17)23-24-21(32-25-23)16-26-12-14-27(15-13-26)22(29)11-10-18-4-2-3-5-20(18)28(30)31/h2-11H,12-16H2,1H3. The van der Waals surface area contributed by atoms with Crippen molar-refractivity contribution in [3.8, 4) is 11.4 Å². The Morgan fingerprint density at radius 1 is 1.12 bits per heavy atom. The molecule has 2 aromatic carbocycles. The zero-order valence-corrected chi connectivity index (χ0v) is 17.7. The summed E-state index contributed by atoms with van der Waals surface area (Å²) >= 11 is 0. The molecule has 3 aromatic rings. The minimum atomic E-state index is -0.454. The van der Waals surface area contributed by atoms with Gasteiger partial charge < -0.3 is 9.42 Å². The molecule has 0 aliphatic carbocycles. The van der Waals surface area contributed by atoms with Gasteiger partial charge in [-0.2, -0.15) is 4.98 Å². The average Bonchev–Trinajstić information content (AvgIpc) is 3.27. The van der Waals surface area contributed by atoms with Crippen molar-refractivity contribution in [1.82, 2.24) is 19.9 Å². The van der Waals surface area contributed by atoms with Crippen molar-refractivity contribution in [3.63, 3.8) is 0 Å². The Kier molecular flexibility index (Phi) is 6.37. The van der Waals surface area contributed by atoms with Crippen LogP contribution in [-0.2, 0) is 11.3 Å². The van der Waals surface area contributed by atoms with E-state index in [1.807, 2.05) is 31.2 Å². The topological polar surface area (TPSA) is 106 Å². The molecule has 9 heteroatoms. The van der Waals surface area contributed by atoms with Crippen LogP contribution >= 0.6 is 0 Å². The second kappa shape index (κ2) is 9.52. The van der Waals surface area contributed by atoms with Gasteiger partial charge >= 0.3 is 0 Å². The molecule has 1 fully saturated rings. The fourth-order valence-electron chi connectivity index (χ4n) is 3.52. The molecule has 1 amide bonds. The molecule has 1 aliphatic heterocycles. The van der Waals surface area contributed by atoms with Crippen LogP contribution in [0.15, 0.2) is 59.1 Å². The van der Waals surface area contributed by atoms with Gasteiger partial charge in [0.1, 0.15) is 0 Å². The Bertz CT molecular complexity index is 1130. The average molecular weight is 433 g/mol. The molecule has 164 valence electrons. The molecule has 1 aromatic heterocycles. The summed E-state index contributed by atoms with van der Waals surface area (Å²) in [5.74, 6) is 0.938.